The molecule has 0 fully saturated rings. The first-order valence-electron chi connectivity index (χ1n) is 7.85. The molecule has 0 aliphatic carbocycles. The number of carbonyl (C=O) groups excluding carboxylic acids is 2. The summed E-state index contributed by atoms with van der Waals surface area (Å²) in [7, 11) is -4.17. The second-order valence-electron chi connectivity index (χ2n) is 6.60. The van der Waals surface area contributed by atoms with E-state index in [1.807, 2.05) is 11.0 Å². The Bertz CT molecular complexity index is 732. The molecule has 1 heterocycles. The fraction of sp³-hybridized carbons (Fsp3) is 0.667. The molecule has 2 amide bonds. The van der Waals surface area contributed by atoms with Gasteiger partial charge in [0.25, 0.3) is 15.9 Å². The molecule has 0 bridgehead atoms. The first-order valence-corrected chi connectivity index (χ1v) is 10.7. The highest BCUT2D eigenvalue weighted by molar-refractivity contribution is 7.98. The maximum absolute atomic E-state index is 12.5. The molecular formula is C15H25N3O6S2. The monoisotopic (exact) mass is 407 g/mol. The zero-order chi connectivity index (χ0) is 20.1. The van der Waals surface area contributed by atoms with E-state index < -0.39 is 33.7 Å². The van der Waals surface area contributed by atoms with Crippen LogP contribution >= 0.6 is 11.8 Å². The maximum atomic E-state index is 12.5. The highest BCUT2D eigenvalue weighted by atomic mass is 32.2. The molecule has 1 aromatic heterocycles. The summed E-state index contributed by atoms with van der Waals surface area (Å²) in [4.78, 5) is 24.2. The van der Waals surface area contributed by atoms with Gasteiger partial charge in [-0.05, 0) is 53.0 Å². The van der Waals surface area contributed by atoms with Gasteiger partial charge in [-0.1, -0.05) is 5.16 Å². The molecular weight excluding hydrogens is 382 g/mol. The van der Waals surface area contributed by atoms with Crippen LogP contribution in [0.25, 0.3) is 0 Å². The van der Waals surface area contributed by atoms with Crippen molar-refractivity contribution in [3.8, 4) is 0 Å². The second kappa shape index (κ2) is 8.76. The van der Waals surface area contributed by atoms with Crippen LogP contribution in [0.1, 0.15) is 38.6 Å². The van der Waals surface area contributed by atoms with Crippen LogP contribution < -0.4 is 10.0 Å². The molecule has 0 radical (unpaired) electrons. The number of aryl methyl sites for hydroxylation is 2. The topological polar surface area (TPSA) is 128 Å². The van der Waals surface area contributed by atoms with Gasteiger partial charge in [-0.2, -0.15) is 11.8 Å². The van der Waals surface area contributed by atoms with Crippen molar-refractivity contribution in [2.45, 2.75) is 57.6 Å². The van der Waals surface area contributed by atoms with Crippen molar-refractivity contribution in [3.63, 3.8) is 0 Å². The molecule has 0 aliphatic rings. The summed E-state index contributed by atoms with van der Waals surface area (Å²) in [5.41, 5.74) is -0.600. The Morgan fingerprint density at radius 3 is 2.38 bits per heavy atom. The van der Waals surface area contributed by atoms with Crippen molar-refractivity contribution in [1.29, 1.82) is 0 Å². The average Bonchev–Trinajstić information content (AvgIpc) is 2.80. The Morgan fingerprint density at radius 1 is 1.31 bits per heavy atom. The molecule has 2 N–H and O–H groups in total. The Labute approximate surface area is 157 Å². The van der Waals surface area contributed by atoms with Gasteiger partial charge in [0.1, 0.15) is 17.3 Å². The van der Waals surface area contributed by atoms with Crippen molar-refractivity contribution in [3.05, 3.63) is 11.5 Å². The Balaban J connectivity index is 2.93. The average molecular weight is 408 g/mol. The first kappa shape index (κ1) is 22.3. The SMILES string of the molecule is CSCC[C@H](NC(=O)OC(C)(C)C)C(=O)NS(=O)(=O)c1c(C)noc1C. The number of aromatic nitrogens is 1. The standard InChI is InChI=1S/C15H25N3O6S2/c1-9-12(10(2)24-17-9)26(21,22)18-13(19)11(7-8-25-6)16-14(20)23-15(3,4)5/h11H,7-8H2,1-6H3,(H,16,20)(H,18,19)/t11-/m0/s1. The lowest BCUT2D eigenvalue weighted by Crippen LogP contribution is -2.49. The van der Waals surface area contributed by atoms with E-state index in [0.29, 0.717) is 5.75 Å². The number of hydrogen-bond donors (Lipinski definition) is 2. The number of hydrogen-bond acceptors (Lipinski definition) is 8. The number of carbonyl (C=O) groups is 2. The third-order valence-corrected chi connectivity index (χ3v) is 5.32. The summed E-state index contributed by atoms with van der Waals surface area (Å²) < 4.78 is 36.8. The molecule has 0 saturated heterocycles. The summed E-state index contributed by atoms with van der Waals surface area (Å²) in [5.74, 6) is -0.243. The number of amides is 2. The van der Waals surface area contributed by atoms with E-state index in [0.717, 1.165) is 0 Å². The van der Waals surface area contributed by atoms with Crippen LogP contribution in [0.5, 0.6) is 0 Å². The summed E-state index contributed by atoms with van der Waals surface area (Å²) in [6.07, 6.45) is 1.28. The second-order valence-corrected chi connectivity index (χ2v) is 9.21. The summed E-state index contributed by atoms with van der Waals surface area (Å²) in [6, 6.07) is -1.06. The number of nitrogens with zero attached hydrogens (tertiary/aromatic N) is 1. The highest BCUT2D eigenvalue weighted by Crippen LogP contribution is 2.18. The lowest BCUT2D eigenvalue weighted by Gasteiger charge is -2.23. The van der Waals surface area contributed by atoms with E-state index in [1.165, 1.54) is 25.6 Å². The minimum absolute atomic E-state index is 0.0727. The molecule has 1 rings (SSSR count). The van der Waals surface area contributed by atoms with Gasteiger partial charge < -0.3 is 14.6 Å². The minimum atomic E-state index is -4.17. The molecule has 0 aliphatic heterocycles. The maximum Gasteiger partial charge on any atom is 0.408 e. The van der Waals surface area contributed by atoms with Gasteiger partial charge in [0.15, 0.2) is 10.7 Å². The number of alkyl carbamates (subject to hydrolysis) is 1. The van der Waals surface area contributed by atoms with Crippen molar-refractivity contribution in [1.82, 2.24) is 15.2 Å². The molecule has 0 saturated carbocycles. The lowest BCUT2D eigenvalue weighted by molar-refractivity contribution is -0.121. The van der Waals surface area contributed by atoms with E-state index in [2.05, 4.69) is 10.5 Å². The van der Waals surface area contributed by atoms with Crippen LogP contribution in [0.15, 0.2) is 9.42 Å². The van der Waals surface area contributed by atoms with Crippen molar-refractivity contribution >= 4 is 33.8 Å². The van der Waals surface area contributed by atoms with Gasteiger partial charge in [0.2, 0.25) is 0 Å². The minimum Gasteiger partial charge on any atom is -0.444 e. The zero-order valence-corrected chi connectivity index (χ0v) is 17.3. The van der Waals surface area contributed by atoms with Crippen LogP contribution in [0.4, 0.5) is 4.79 Å². The number of ether oxygens (including phenoxy) is 1. The largest absolute Gasteiger partial charge is 0.444 e. The van der Waals surface area contributed by atoms with Gasteiger partial charge in [0.05, 0.1) is 0 Å². The number of thioether (sulfide) groups is 1. The van der Waals surface area contributed by atoms with Gasteiger partial charge in [-0.25, -0.2) is 17.9 Å². The van der Waals surface area contributed by atoms with Crippen molar-refractivity contribution in [2.75, 3.05) is 12.0 Å². The van der Waals surface area contributed by atoms with Crippen LogP contribution in [0.2, 0.25) is 0 Å². The van der Waals surface area contributed by atoms with Crippen LogP contribution in [0.3, 0.4) is 0 Å². The van der Waals surface area contributed by atoms with Gasteiger partial charge >= 0.3 is 6.09 Å². The first-order chi connectivity index (χ1) is 11.9. The summed E-state index contributed by atoms with van der Waals surface area (Å²) in [6.45, 7) is 7.95. The molecule has 1 atom stereocenters. The third-order valence-electron chi connectivity index (χ3n) is 3.09. The predicted molar refractivity (Wildman–Crippen MR) is 97.5 cm³/mol. The molecule has 0 aromatic carbocycles. The molecule has 0 unspecified atom stereocenters. The quantitative estimate of drug-likeness (QED) is 0.699. The summed E-state index contributed by atoms with van der Waals surface area (Å²) >= 11 is 1.46. The Kier molecular flexibility index (Phi) is 7.51. The van der Waals surface area contributed by atoms with E-state index in [4.69, 9.17) is 9.26 Å². The molecule has 1 aromatic rings. The van der Waals surface area contributed by atoms with E-state index in [9.17, 15) is 18.0 Å². The molecule has 148 valence electrons. The van der Waals surface area contributed by atoms with Crippen molar-refractivity contribution < 1.29 is 27.3 Å². The molecule has 9 nitrogen and oxygen atoms in total. The summed E-state index contributed by atoms with van der Waals surface area (Å²) in [5, 5.41) is 5.99. The number of nitrogens with one attached hydrogen (secondary N) is 2. The van der Waals surface area contributed by atoms with Crippen molar-refractivity contribution in [2.24, 2.45) is 0 Å². The van der Waals surface area contributed by atoms with Gasteiger partial charge in [0, 0.05) is 0 Å². The highest BCUT2D eigenvalue weighted by Gasteiger charge is 2.31. The fourth-order valence-electron chi connectivity index (χ4n) is 2.07. The van der Waals surface area contributed by atoms with E-state index >= 15 is 0 Å². The molecule has 26 heavy (non-hydrogen) atoms. The fourth-order valence-corrected chi connectivity index (χ4v) is 3.89. The molecule has 11 heteroatoms. The normalized spacial score (nSPS) is 13.2. The van der Waals surface area contributed by atoms with Crippen LogP contribution in [-0.4, -0.2) is 49.2 Å². The van der Waals surface area contributed by atoms with Gasteiger partial charge in [-0.15, -0.1) is 0 Å². The predicted octanol–water partition coefficient (Wildman–Crippen LogP) is 1.74. The van der Waals surface area contributed by atoms with Crippen LogP contribution in [-0.2, 0) is 19.6 Å². The third kappa shape index (κ3) is 6.52. The van der Waals surface area contributed by atoms with Crippen LogP contribution in [0, 0.1) is 13.8 Å². The van der Waals surface area contributed by atoms with E-state index in [1.54, 1.807) is 20.8 Å². The van der Waals surface area contributed by atoms with E-state index in [-0.39, 0.29) is 22.8 Å². The smallest absolute Gasteiger partial charge is 0.408 e. The van der Waals surface area contributed by atoms with Gasteiger partial charge in [-0.3, -0.25) is 4.79 Å². The number of rotatable bonds is 7. The Hall–Kier alpha value is -1.75. The zero-order valence-electron chi connectivity index (χ0n) is 15.7. The molecule has 0 spiro atoms. The Morgan fingerprint density at radius 2 is 1.92 bits per heavy atom. The number of sulfonamides is 1. The lowest BCUT2D eigenvalue weighted by atomic mass is 10.2.